The summed E-state index contributed by atoms with van der Waals surface area (Å²) in [5.74, 6) is 0.182. The van der Waals surface area contributed by atoms with Gasteiger partial charge in [-0.1, -0.05) is 30.3 Å². The highest BCUT2D eigenvalue weighted by molar-refractivity contribution is 5.78. The number of amides is 2. The molecule has 1 atom stereocenters. The molecule has 1 aromatic carbocycles. The molecule has 0 radical (unpaired) electrons. The number of carbonyl (C=O) groups is 2. The fourth-order valence-electron chi connectivity index (χ4n) is 3.35. The van der Waals surface area contributed by atoms with Crippen LogP contribution in [0.3, 0.4) is 0 Å². The Morgan fingerprint density at radius 2 is 1.92 bits per heavy atom. The predicted octanol–water partition coefficient (Wildman–Crippen LogP) is 1.78. The SMILES string of the molecule is CC(=O)N1CCN(C(=O)CCc2ccnn2C)[C@H](c2ccccc2)C1. The minimum Gasteiger partial charge on any atom is -0.339 e. The number of hydrogen-bond acceptors (Lipinski definition) is 3. The molecule has 3 rings (SSSR count). The van der Waals surface area contributed by atoms with Crippen molar-refractivity contribution in [2.75, 3.05) is 19.6 Å². The molecule has 1 aliphatic heterocycles. The first-order chi connectivity index (χ1) is 12.1. The summed E-state index contributed by atoms with van der Waals surface area (Å²) in [6, 6.07) is 11.8. The van der Waals surface area contributed by atoms with Gasteiger partial charge in [0.1, 0.15) is 0 Å². The van der Waals surface area contributed by atoms with Crippen LogP contribution in [0.2, 0.25) is 0 Å². The topological polar surface area (TPSA) is 58.4 Å². The van der Waals surface area contributed by atoms with E-state index in [0.29, 0.717) is 32.5 Å². The van der Waals surface area contributed by atoms with E-state index in [-0.39, 0.29) is 17.9 Å². The Labute approximate surface area is 148 Å². The Morgan fingerprint density at radius 1 is 1.16 bits per heavy atom. The van der Waals surface area contributed by atoms with Gasteiger partial charge in [0.25, 0.3) is 0 Å². The average molecular weight is 340 g/mol. The summed E-state index contributed by atoms with van der Waals surface area (Å²) < 4.78 is 1.80. The first kappa shape index (κ1) is 17.2. The van der Waals surface area contributed by atoms with E-state index >= 15 is 0 Å². The van der Waals surface area contributed by atoms with Crippen molar-refractivity contribution in [3.8, 4) is 0 Å². The molecule has 2 aromatic rings. The molecule has 1 saturated heterocycles. The minimum absolute atomic E-state index is 0.0583. The molecular weight excluding hydrogens is 316 g/mol. The van der Waals surface area contributed by atoms with Gasteiger partial charge >= 0.3 is 0 Å². The lowest BCUT2D eigenvalue weighted by molar-refractivity contribution is -0.142. The van der Waals surface area contributed by atoms with Gasteiger partial charge in [-0.05, 0) is 18.1 Å². The number of aryl methyl sites for hydroxylation is 2. The van der Waals surface area contributed by atoms with E-state index in [2.05, 4.69) is 5.10 Å². The van der Waals surface area contributed by atoms with Crippen LogP contribution in [0.15, 0.2) is 42.6 Å². The van der Waals surface area contributed by atoms with Gasteiger partial charge in [-0.15, -0.1) is 0 Å². The smallest absolute Gasteiger partial charge is 0.223 e. The third kappa shape index (κ3) is 3.90. The van der Waals surface area contributed by atoms with Crippen LogP contribution in [0.1, 0.15) is 30.6 Å². The molecule has 6 nitrogen and oxygen atoms in total. The fourth-order valence-corrected chi connectivity index (χ4v) is 3.35. The van der Waals surface area contributed by atoms with Crippen molar-refractivity contribution < 1.29 is 9.59 Å². The van der Waals surface area contributed by atoms with Gasteiger partial charge in [-0.3, -0.25) is 14.3 Å². The summed E-state index contributed by atoms with van der Waals surface area (Å²) in [5.41, 5.74) is 2.12. The second-order valence-corrected chi connectivity index (χ2v) is 6.42. The van der Waals surface area contributed by atoms with Crippen LogP contribution in [-0.4, -0.2) is 51.0 Å². The maximum atomic E-state index is 12.9. The molecule has 132 valence electrons. The number of benzene rings is 1. The normalized spacial score (nSPS) is 17.6. The molecule has 0 unspecified atom stereocenters. The van der Waals surface area contributed by atoms with E-state index in [1.165, 1.54) is 0 Å². The van der Waals surface area contributed by atoms with E-state index in [9.17, 15) is 9.59 Å². The van der Waals surface area contributed by atoms with Gasteiger partial charge in [0.05, 0.1) is 6.04 Å². The number of nitrogens with zero attached hydrogens (tertiary/aromatic N) is 4. The highest BCUT2D eigenvalue weighted by atomic mass is 16.2. The number of rotatable bonds is 4. The zero-order valence-electron chi connectivity index (χ0n) is 14.8. The zero-order valence-corrected chi connectivity index (χ0v) is 14.8. The lowest BCUT2D eigenvalue weighted by Gasteiger charge is -2.41. The largest absolute Gasteiger partial charge is 0.339 e. The standard InChI is InChI=1S/C19H24N4O2/c1-15(24)22-12-13-23(18(14-22)16-6-4-3-5-7-16)19(25)9-8-17-10-11-20-21(17)2/h3-7,10-11,18H,8-9,12-14H2,1-2H3/t18-/m0/s1. The molecule has 0 N–H and O–H groups in total. The summed E-state index contributed by atoms with van der Waals surface area (Å²) in [6.07, 6.45) is 2.87. The average Bonchev–Trinajstić information content (AvgIpc) is 3.04. The van der Waals surface area contributed by atoms with Crippen molar-refractivity contribution in [3.05, 3.63) is 53.9 Å². The van der Waals surface area contributed by atoms with Crippen molar-refractivity contribution in [3.63, 3.8) is 0 Å². The number of aromatic nitrogens is 2. The second kappa shape index (κ2) is 7.51. The molecule has 0 saturated carbocycles. The lowest BCUT2D eigenvalue weighted by Crippen LogP contribution is -2.51. The quantitative estimate of drug-likeness (QED) is 0.852. The maximum absolute atomic E-state index is 12.9. The van der Waals surface area contributed by atoms with Crippen molar-refractivity contribution in [2.24, 2.45) is 7.05 Å². The van der Waals surface area contributed by atoms with Gasteiger partial charge in [-0.25, -0.2) is 0 Å². The van der Waals surface area contributed by atoms with E-state index in [4.69, 9.17) is 0 Å². The lowest BCUT2D eigenvalue weighted by atomic mass is 10.0. The molecule has 6 heteroatoms. The van der Waals surface area contributed by atoms with Crippen LogP contribution in [0.4, 0.5) is 0 Å². The summed E-state index contributed by atoms with van der Waals surface area (Å²) >= 11 is 0. The van der Waals surface area contributed by atoms with Gasteiger partial charge in [0.2, 0.25) is 11.8 Å². The van der Waals surface area contributed by atoms with Crippen LogP contribution in [0, 0.1) is 0 Å². The van der Waals surface area contributed by atoms with E-state index < -0.39 is 0 Å². The molecule has 1 fully saturated rings. The van der Waals surface area contributed by atoms with Crippen molar-refractivity contribution in [1.82, 2.24) is 19.6 Å². The van der Waals surface area contributed by atoms with Crippen LogP contribution >= 0.6 is 0 Å². The molecule has 0 bridgehead atoms. The van der Waals surface area contributed by atoms with E-state index in [1.54, 1.807) is 17.8 Å². The first-order valence-electron chi connectivity index (χ1n) is 8.63. The fraction of sp³-hybridized carbons (Fsp3) is 0.421. The Hall–Kier alpha value is -2.63. The third-order valence-corrected chi connectivity index (χ3v) is 4.85. The summed E-state index contributed by atoms with van der Waals surface area (Å²) in [4.78, 5) is 28.4. The maximum Gasteiger partial charge on any atom is 0.223 e. The Kier molecular flexibility index (Phi) is 5.16. The minimum atomic E-state index is -0.0853. The number of hydrogen-bond donors (Lipinski definition) is 0. The number of carbonyl (C=O) groups excluding carboxylic acids is 2. The zero-order chi connectivity index (χ0) is 17.8. The molecule has 25 heavy (non-hydrogen) atoms. The highest BCUT2D eigenvalue weighted by Gasteiger charge is 2.32. The van der Waals surface area contributed by atoms with Crippen molar-refractivity contribution >= 4 is 11.8 Å². The monoisotopic (exact) mass is 340 g/mol. The molecule has 1 aromatic heterocycles. The van der Waals surface area contributed by atoms with Gasteiger partial charge in [0.15, 0.2) is 0 Å². The molecular formula is C19H24N4O2. The number of piperazine rings is 1. The third-order valence-electron chi connectivity index (χ3n) is 4.85. The van der Waals surface area contributed by atoms with Crippen LogP contribution < -0.4 is 0 Å². The van der Waals surface area contributed by atoms with Crippen molar-refractivity contribution in [1.29, 1.82) is 0 Å². The van der Waals surface area contributed by atoms with Crippen LogP contribution in [-0.2, 0) is 23.1 Å². The van der Waals surface area contributed by atoms with E-state index in [0.717, 1.165) is 11.3 Å². The van der Waals surface area contributed by atoms with Gasteiger partial charge in [0, 0.05) is 51.9 Å². The van der Waals surface area contributed by atoms with E-state index in [1.807, 2.05) is 53.2 Å². The summed E-state index contributed by atoms with van der Waals surface area (Å²) in [5, 5.41) is 4.15. The second-order valence-electron chi connectivity index (χ2n) is 6.42. The molecule has 2 amide bonds. The van der Waals surface area contributed by atoms with Crippen LogP contribution in [0.5, 0.6) is 0 Å². The molecule has 0 spiro atoms. The highest BCUT2D eigenvalue weighted by Crippen LogP contribution is 2.26. The summed E-state index contributed by atoms with van der Waals surface area (Å²) in [7, 11) is 1.89. The van der Waals surface area contributed by atoms with Gasteiger partial charge in [-0.2, -0.15) is 5.10 Å². The van der Waals surface area contributed by atoms with Gasteiger partial charge < -0.3 is 9.80 Å². The molecule has 1 aliphatic rings. The summed E-state index contributed by atoms with van der Waals surface area (Å²) in [6.45, 7) is 3.30. The molecule has 0 aliphatic carbocycles. The predicted molar refractivity (Wildman–Crippen MR) is 94.7 cm³/mol. The Bertz CT molecular complexity index is 741. The molecule has 2 heterocycles. The Balaban J connectivity index is 1.74. The van der Waals surface area contributed by atoms with Crippen LogP contribution in [0.25, 0.3) is 0 Å². The van der Waals surface area contributed by atoms with Crippen molar-refractivity contribution in [2.45, 2.75) is 25.8 Å². The Morgan fingerprint density at radius 3 is 2.56 bits per heavy atom. The first-order valence-corrected chi connectivity index (χ1v) is 8.63.